The third-order valence-electron chi connectivity index (χ3n) is 3.78. The second kappa shape index (κ2) is 6.16. The summed E-state index contributed by atoms with van der Waals surface area (Å²) >= 11 is 0. The summed E-state index contributed by atoms with van der Waals surface area (Å²) in [4.78, 5) is 1.92. The van der Waals surface area contributed by atoms with Gasteiger partial charge in [-0.15, -0.1) is 0 Å². The minimum absolute atomic E-state index is 0.105. The lowest BCUT2D eigenvalue weighted by Gasteiger charge is -2.33. The van der Waals surface area contributed by atoms with Crippen molar-refractivity contribution in [2.75, 3.05) is 13.1 Å². The highest BCUT2D eigenvalue weighted by Crippen LogP contribution is 2.34. The standard InChI is InChI=1S/C13H17BF3NO2/c15-13(16,17)11-5-7-18(8-6-11)9-10-3-1-2-4-12(10)14(19)20/h1-4,11,19-20H,5-9H2. The molecule has 1 saturated heterocycles. The van der Waals surface area contributed by atoms with Crippen molar-refractivity contribution in [3.8, 4) is 0 Å². The lowest BCUT2D eigenvalue weighted by atomic mass is 9.77. The summed E-state index contributed by atoms with van der Waals surface area (Å²) < 4.78 is 37.7. The van der Waals surface area contributed by atoms with Crippen LogP contribution in [0.25, 0.3) is 0 Å². The van der Waals surface area contributed by atoms with Crippen LogP contribution in [0, 0.1) is 5.92 Å². The molecule has 110 valence electrons. The van der Waals surface area contributed by atoms with E-state index in [1.807, 2.05) is 4.90 Å². The fraction of sp³-hybridized carbons (Fsp3) is 0.538. The summed E-state index contributed by atoms with van der Waals surface area (Å²) in [7, 11) is -1.56. The minimum atomic E-state index is -4.11. The minimum Gasteiger partial charge on any atom is -0.423 e. The molecule has 0 spiro atoms. The summed E-state index contributed by atoms with van der Waals surface area (Å²) in [6, 6.07) is 6.87. The van der Waals surface area contributed by atoms with Gasteiger partial charge in [0.2, 0.25) is 0 Å². The molecule has 0 aromatic heterocycles. The lowest BCUT2D eigenvalue weighted by molar-refractivity contribution is -0.185. The van der Waals surface area contributed by atoms with Crippen LogP contribution in [0.15, 0.2) is 24.3 Å². The maximum absolute atomic E-state index is 12.6. The van der Waals surface area contributed by atoms with Crippen molar-refractivity contribution in [3.63, 3.8) is 0 Å². The first-order valence-electron chi connectivity index (χ1n) is 6.61. The van der Waals surface area contributed by atoms with Crippen LogP contribution in [0.2, 0.25) is 0 Å². The Labute approximate surface area is 116 Å². The van der Waals surface area contributed by atoms with Crippen molar-refractivity contribution in [1.29, 1.82) is 0 Å². The average Bonchev–Trinajstić information content (AvgIpc) is 2.38. The van der Waals surface area contributed by atoms with Gasteiger partial charge < -0.3 is 10.0 Å². The topological polar surface area (TPSA) is 43.7 Å². The van der Waals surface area contributed by atoms with E-state index in [0.717, 1.165) is 5.56 Å². The van der Waals surface area contributed by atoms with Gasteiger partial charge in [-0.3, -0.25) is 4.90 Å². The summed E-state index contributed by atoms with van der Waals surface area (Å²) in [6.07, 6.45) is -3.90. The Bertz CT molecular complexity index is 445. The Hall–Kier alpha value is -1.05. The second-order valence-corrected chi connectivity index (χ2v) is 5.16. The molecule has 1 aromatic carbocycles. The molecule has 0 amide bonds. The molecule has 0 saturated carbocycles. The van der Waals surface area contributed by atoms with E-state index in [2.05, 4.69) is 0 Å². The molecule has 0 unspecified atom stereocenters. The number of alkyl halides is 3. The number of nitrogens with zero attached hydrogens (tertiary/aromatic N) is 1. The molecule has 1 aromatic rings. The predicted molar refractivity (Wildman–Crippen MR) is 70.3 cm³/mol. The smallest absolute Gasteiger partial charge is 0.423 e. The quantitative estimate of drug-likeness (QED) is 0.819. The molecule has 7 heteroatoms. The molecule has 1 aliphatic heterocycles. The van der Waals surface area contributed by atoms with Gasteiger partial charge in [-0.2, -0.15) is 13.2 Å². The van der Waals surface area contributed by atoms with Gasteiger partial charge in [-0.1, -0.05) is 24.3 Å². The van der Waals surface area contributed by atoms with Crippen LogP contribution in [-0.2, 0) is 6.54 Å². The molecule has 2 N–H and O–H groups in total. The van der Waals surface area contributed by atoms with Crippen molar-refractivity contribution < 1.29 is 23.2 Å². The van der Waals surface area contributed by atoms with E-state index in [1.54, 1.807) is 24.3 Å². The van der Waals surface area contributed by atoms with Crippen molar-refractivity contribution in [1.82, 2.24) is 4.90 Å². The highest BCUT2D eigenvalue weighted by molar-refractivity contribution is 6.59. The fourth-order valence-corrected chi connectivity index (χ4v) is 2.59. The lowest BCUT2D eigenvalue weighted by Crippen LogP contribution is -2.41. The number of piperidine rings is 1. The number of hydrogen-bond donors (Lipinski definition) is 2. The van der Waals surface area contributed by atoms with Crippen molar-refractivity contribution >= 4 is 12.6 Å². The van der Waals surface area contributed by atoms with Crippen LogP contribution in [-0.4, -0.2) is 41.3 Å². The van der Waals surface area contributed by atoms with Crippen LogP contribution < -0.4 is 5.46 Å². The van der Waals surface area contributed by atoms with E-state index >= 15 is 0 Å². The maximum Gasteiger partial charge on any atom is 0.488 e. The second-order valence-electron chi connectivity index (χ2n) is 5.16. The van der Waals surface area contributed by atoms with E-state index < -0.39 is 19.2 Å². The van der Waals surface area contributed by atoms with Crippen molar-refractivity contribution in [2.24, 2.45) is 5.92 Å². The Morgan fingerprint density at radius 2 is 1.75 bits per heavy atom. The van der Waals surface area contributed by atoms with Gasteiger partial charge >= 0.3 is 13.3 Å². The third kappa shape index (κ3) is 3.74. The predicted octanol–water partition coefficient (Wildman–Crippen LogP) is 1.14. The third-order valence-corrected chi connectivity index (χ3v) is 3.78. The van der Waals surface area contributed by atoms with Gasteiger partial charge in [-0.05, 0) is 37.0 Å². The molecule has 0 aliphatic carbocycles. The molecule has 3 nitrogen and oxygen atoms in total. The Morgan fingerprint density at radius 1 is 1.15 bits per heavy atom. The van der Waals surface area contributed by atoms with Gasteiger partial charge in [0, 0.05) is 6.54 Å². The number of rotatable bonds is 3. The normalized spacial score (nSPS) is 18.2. The van der Waals surface area contributed by atoms with Crippen LogP contribution in [0.3, 0.4) is 0 Å². The summed E-state index contributed by atoms with van der Waals surface area (Å²) in [6.45, 7) is 1.19. The van der Waals surface area contributed by atoms with Gasteiger partial charge in [0.1, 0.15) is 0 Å². The van der Waals surface area contributed by atoms with Crippen molar-refractivity contribution in [3.05, 3.63) is 29.8 Å². The zero-order chi connectivity index (χ0) is 14.8. The average molecular weight is 287 g/mol. The number of likely N-dealkylation sites (tertiary alicyclic amines) is 1. The van der Waals surface area contributed by atoms with E-state index in [1.165, 1.54) is 0 Å². The molecular formula is C13H17BF3NO2. The molecule has 2 rings (SSSR count). The summed E-state index contributed by atoms with van der Waals surface area (Å²) in [5.74, 6) is -1.21. The first-order valence-corrected chi connectivity index (χ1v) is 6.61. The highest BCUT2D eigenvalue weighted by Gasteiger charge is 2.41. The monoisotopic (exact) mass is 287 g/mol. The van der Waals surface area contributed by atoms with E-state index in [-0.39, 0.29) is 12.8 Å². The number of halogens is 3. The molecule has 1 aliphatic rings. The summed E-state index contributed by atoms with van der Waals surface area (Å²) in [5.41, 5.74) is 1.15. The largest absolute Gasteiger partial charge is 0.488 e. The van der Waals surface area contributed by atoms with Crippen LogP contribution in [0.5, 0.6) is 0 Å². The van der Waals surface area contributed by atoms with Crippen molar-refractivity contribution in [2.45, 2.75) is 25.6 Å². The van der Waals surface area contributed by atoms with Gasteiger partial charge in [0.25, 0.3) is 0 Å². The van der Waals surface area contributed by atoms with Crippen LogP contribution in [0.1, 0.15) is 18.4 Å². The maximum atomic E-state index is 12.6. The van der Waals surface area contributed by atoms with Gasteiger partial charge in [0.15, 0.2) is 0 Å². The van der Waals surface area contributed by atoms with E-state index in [0.29, 0.717) is 25.1 Å². The molecule has 0 radical (unpaired) electrons. The SMILES string of the molecule is OB(O)c1ccccc1CN1CCC(C(F)(F)F)CC1. The highest BCUT2D eigenvalue weighted by atomic mass is 19.4. The zero-order valence-corrected chi connectivity index (χ0v) is 11.0. The molecule has 0 bridgehead atoms. The molecular weight excluding hydrogens is 270 g/mol. The molecule has 1 fully saturated rings. The Morgan fingerprint density at radius 3 is 2.30 bits per heavy atom. The Kier molecular flexibility index (Phi) is 4.72. The summed E-state index contributed by atoms with van der Waals surface area (Å²) in [5, 5.41) is 18.5. The Balaban J connectivity index is 1.96. The van der Waals surface area contributed by atoms with E-state index in [4.69, 9.17) is 0 Å². The van der Waals surface area contributed by atoms with Crippen LogP contribution >= 0.6 is 0 Å². The van der Waals surface area contributed by atoms with Crippen LogP contribution in [0.4, 0.5) is 13.2 Å². The molecule has 1 heterocycles. The number of benzene rings is 1. The molecule has 0 atom stereocenters. The van der Waals surface area contributed by atoms with Gasteiger partial charge in [0.05, 0.1) is 5.92 Å². The zero-order valence-electron chi connectivity index (χ0n) is 11.0. The molecule has 20 heavy (non-hydrogen) atoms. The van der Waals surface area contributed by atoms with E-state index in [9.17, 15) is 23.2 Å². The van der Waals surface area contributed by atoms with Gasteiger partial charge in [-0.25, -0.2) is 0 Å². The first-order chi connectivity index (χ1) is 9.38. The first kappa shape index (κ1) is 15.3. The number of hydrogen-bond acceptors (Lipinski definition) is 3. The fourth-order valence-electron chi connectivity index (χ4n) is 2.59.